The summed E-state index contributed by atoms with van der Waals surface area (Å²) in [6.07, 6.45) is 0. The Kier molecular flexibility index (Phi) is 5.03. The van der Waals surface area contributed by atoms with E-state index in [1.807, 2.05) is 6.92 Å². The number of furan rings is 1. The Morgan fingerprint density at radius 3 is 2.71 bits per heavy atom. The second-order valence-corrected chi connectivity index (χ2v) is 5.51. The number of benzene rings is 1. The van der Waals surface area contributed by atoms with Crippen LogP contribution < -0.4 is 10.6 Å². The van der Waals surface area contributed by atoms with Crippen LogP contribution in [0.1, 0.15) is 16.1 Å². The normalized spacial score (nSPS) is 10.2. The molecule has 1 aromatic carbocycles. The monoisotopic (exact) mass is 370 g/mol. The number of amides is 2. The number of halogens is 2. The molecule has 0 unspecified atom stereocenters. The van der Waals surface area contributed by atoms with Crippen LogP contribution in [0, 0.1) is 6.92 Å². The second-order valence-electron chi connectivity index (χ2n) is 4.29. The predicted molar refractivity (Wildman–Crippen MR) is 83.6 cm³/mol. The average Bonchev–Trinajstić information content (AvgIpc) is 2.87. The van der Waals surface area contributed by atoms with Gasteiger partial charge in [0.25, 0.3) is 5.91 Å². The van der Waals surface area contributed by atoms with E-state index in [1.165, 1.54) is 6.07 Å². The van der Waals surface area contributed by atoms with Crippen molar-refractivity contribution in [3.63, 3.8) is 0 Å². The number of hydrogen-bond donors (Lipinski definition) is 2. The maximum absolute atomic E-state index is 11.8. The summed E-state index contributed by atoms with van der Waals surface area (Å²) in [5.41, 5.74) is 1.50. The van der Waals surface area contributed by atoms with E-state index in [-0.39, 0.29) is 18.2 Å². The topological polar surface area (TPSA) is 71.3 Å². The van der Waals surface area contributed by atoms with Gasteiger partial charge in [-0.05, 0) is 52.7 Å². The van der Waals surface area contributed by atoms with E-state index in [9.17, 15) is 9.59 Å². The van der Waals surface area contributed by atoms with Gasteiger partial charge in [0, 0.05) is 10.7 Å². The lowest BCUT2D eigenvalue weighted by molar-refractivity contribution is -0.115. The van der Waals surface area contributed by atoms with Crippen LogP contribution in [-0.4, -0.2) is 18.4 Å². The molecule has 2 N–H and O–H groups in total. The number of aryl methyl sites for hydroxylation is 1. The predicted octanol–water partition coefficient (Wildman–Crippen LogP) is 3.37. The number of nitrogens with one attached hydrogen (secondary N) is 2. The van der Waals surface area contributed by atoms with Gasteiger partial charge in [-0.1, -0.05) is 17.7 Å². The molecule has 0 aliphatic heterocycles. The number of carbonyl (C=O) groups excluding carboxylic acids is 2. The number of anilines is 1. The van der Waals surface area contributed by atoms with Gasteiger partial charge in [-0.2, -0.15) is 0 Å². The summed E-state index contributed by atoms with van der Waals surface area (Å²) in [6, 6.07) is 8.31. The summed E-state index contributed by atoms with van der Waals surface area (Å²) in [6.45, 7) is 1.69. The lowest BCUT2D eigenvalue weighted by Crippen LogP contribution is -2.32. The van der Waals surface area contributed by atoms with E-state index >= 15 is 0 Å². The SMILES string of the molecule is Cc1ccc(Cl)cc1NC(=O)CNC(=O)c1ccc(Br)o1. The maximum atomic E-state index is 11.8. The molecular formula is C14H12BrClN2O3. The molecular weight excluding hydrogens is 360 g/mol. The number of carbonyl (C=O) groups is 2. The van der Waals surface area contributed by atoms with Crippen LogP contribution in [-0.2, 0) is 4.79 Å². The molecule has 1 heterocycles. The van der Waals surface area contributed by atoms with Crippen LogP contribution in [0.15, 0.2) is 39.4 Å². The molecule has 0 bridgehead atoms. The van der Waals surface area contributed by atoms with Gasteiger partial charge in [-0.25, -0.2) is 0 Å². The molecule has 1 aromatic heterocycles. The molecule has 2 rings (SSSR count). The van der Waals surface area contributed by atoms with Crippen molar-refractivity contribution in [1.82, 2.24) is 5.32 Å². The van der Waals surface area contributed by atoms with Crippen molar-refractivity contribution in [2.45, 2.75) is 6.92 Å². The molecule has 0 saturated carbocycles. The maximum Gasteiger partial charge on any atom is 0.287 e. The van der Waals surface area contributed by atoms with Crippen LogP contribution >= 0.6 is 27.5 Å². The van der Waals surface area contributed by atoms with Crippen LogP contribution in [0.3, 0.4) is 0 Å². The molecule has 0 fully saturated rings. The van der Waals surface area contributed by atoms with Crippen LogP contribution in [0.25, 0.3) is 0 Å². The lowest BCUT2D eigenvalue weighted by Gasteiger charge is -2.09. The third-order valence-corrected chi connectivity index (χ3v) is 3.34. The van der Waals surface area contributed by atoms with E-state index in [0.717, 1.165) is 5.56 Å². The number of hydrogen-bond acceptors (Lipinski definition) is 3. The largest absolute Gasteiger partial charge is 0.444 e. The Morgan fingerprint density at radius 2 is 2.05 bits per heavy atom. The minimum absolute atomic E-state index is 0.133. The fourth-order valence-corrected chi connectivity index (χ4v) is 2.09. The fourth-order valence-electron chi connectivity index (χ4n) is 1.61. The molecule has 0 atom stereocenters. The van der Waals surface area contributed by atoms with Crippen molar-refractivity contribution < 1.29 is 14.0 Å². The summed E-state index contributed by atoms with van der Waals surface area (Å²) < 4.78 is 5.54. The van der Waals surface area contributed by atoms with Crippen molar-refractivity contribution in [1.29, 1.82) is 0 Å². The third-order valence-electron chi connectivity index (χ3n) is 2.68. The minimum atomic E-state index is -0.460. The average molecular weight is 372 g/mol. The lowest BCUT2D eigenvalue weighted by atomic mass is 10.2. The Balaban J connectivity index is 1.90. The van der Waals surface area contributed by atoms with Crippen molar-refractivity contribution in [2.24, 2.45) is 0 Å². The fraction of sp³-hybridized carbons (Fsp3) is 0.143. The molecule has 110 valence electrons. The first kappa shape index (κ1) is 15.6. The second kappa shape index (κ2) is 6.78. The summed E-state index contributed by atoms with van der Waals surface area (Å²) in [4.78, 5) is 23.5. The van der Waals surface area contributed by atoms with E-state index in [0.29, 0.717) is 15.4 Å². The van der Waals surface area contributed by atoms with E-state index in [1.54, 1.807) is 24.3 Å². The van der Waals surface area contributed by atoms with E-state index < -0.39 is 5.91 Å². The van der Waals surface area contributed by atoms with Gasteiger partial charge in [0.1, 0.15) is 0 Å². The van der Waals surface area contributed by atoms with Crippen molar-refractivity contribution in [3.05, 3.63) is 51.3 Å². The zero-order chi connectivity index (χ0) is 15.4. The molecule has 0 spiro atoms. The van der Waals surface area contributed by atoms with Crippen LogP contribution in [0.5, 0.6) is 0 Å². The summed E-state index contributed by atoms with van der Waals surface area (Å²) in [5.74, 6) is -0.674. The zero-order valence-corrected chi connectivity index (χ0v) is 13.4. The molecule has 2 aromatic rings. The zero-order valence-electron chi connectivity index (χ0n) is 11.1. The first-order valence-corrected chi connectivity index (χ1v) is 7.22. The summed E-state index contributed by atoms with van der Waals surface area (Å²) in [7, 11) is 0. The standard InChI is InChI=1S/C14H12BrClN2O3/c1-8-2-3-9(16)6-10(8)18-13(19)7-17-14(20)11-4-5-12(15)21-11/h2-6H,7H2,1H3,(H,17,20)(H,18,19). The Labute approximate surface area is 134 Å². The highest BCUT2D eigenvalue weighted by Gasteiger charge is 2.12. The molecule has 7 heteroatoms. The highest BCUT2D eigenvalue weighted by atomic mass is 79.9. The smallest absolute Gasteiger partial charge is 0.287 e. The molecule has 0 saturated heterocycles. The van der Waals surface area contributed by atoms with Gasteiger partial charge >= 0.3 is 0 Å². The highest BCUT2D eigenvalue weighted by Crippen LogP contribution is 2.20. The van der Waals surface area contributed by atoms with Gasteiger partial charge in [0.2, 0.25) is 5.91 Å². The van der Waals surface area contributed by atoms with E-state index in [2.05, 4.69) is 26.6 Å². The molecule has 0 radical (unpaired) electrons. The van der Waals surface area contributed by atoms with Gasteiger partial charge < -0.3 is 15.1 Å². The van der Waals surface area contributed by atoms with Crippen LogP contribution in [0.4, 0.5) is 5.69 Å². The molecule has 2 amide bonds. The first-order valence-electron chi connectivity index (χ1n) is 6.05. The number of rotatable bonds is 4. The van der Waals surface area contributed by atoms with Gasteiger partial charge in [0.05, 0.1) is 6.54 Å². The molecule has 0 aliphatic rings. The Bertz CT molecular complexity index is 685. The van der Waals surface area contributed by atoms with Crippen LogP contribution in [0.2, 0.25) is 5.02 Å². The minimum Gasteiger partial charge on any atom is -0.444 e. The summed E-state index contributed by atoms with van der Waals surface area (Å²) >= 11 is 8.97. The Morgan fingerprint density at radius 1 is 1.29 bits per heavy atom. The van der Waals surface area contributed by atoms with Gasteiger partial charge in [-0.15, -0.1) is 0 Å². The third kappa shape index (κ3) is 4.34. The first-order chi connectivity index (χ1) is 9.95. The molecule has 5 nitrogen and oxygen atoms in total. The Hall–Kier alpha value is -1.79. The van der Waals surface area contributed by atoms with Crippen molar-refractivity contribution >= 4 is 45.0 Å². The molecule has 21 heavy (non-hydrogen) atoms. The highest BCUT2D eigenvalue weighted by molar-refractivity contribution is 9.10. The molecule has 0 aliphatic carbocycles. The quantitative estimate of drug-likeness (QED) is 0.865. The van der Waals surface area contributed by atoms with Crippen molar-refractivity contribution in [3.8, 4) is 0 Å². The van der Waals surface area contributed by atoms with Gasteiger partial charge in [0.15, 0.2) is 10.4 Å². The van der Waals surface area contributed by atoms with Crippen molar-refractivity contribution in [2.75, 3.05) is 11.9 Å². The van der Waals surface area contributed by atoms with E-state index in [4.69, 9.17) is 16.0 Å². The summed E-state index contributed by atoms with van der Waals surface area (Å²) in [5, 5.41) is 5.68. The van der Waals surface area contributed by atoms with Gasteiger partial charge in [-0.3, -0.25) is 9.59 Å².